The van der Waals surface area contributed by atoms with Crippen molar-refractivity contribution in [3.05, 3.63) is 102 Å². The molecule has 0 amide bonds. The zero-order valence-corrected chi connectivity index (χ0v) is 19.6. The van der Waals surface area contributed by atoms with Crippen LogP contribution in [0, 0.1) is 5.82 Å². The number of benzene rings is 2. The third-order valence-electron chi connectivity index (χ3n) is 5.51. The van der Waals surface area contributed by atoms with Crippen LogP contribution in [0.4, 0.5) is 4.39 Å². The average molecular weight is 461 g/mol. The van der Waals surface area contributed by atoms with Crippen molar-refractivity contribution in [1.29, 1.82) is 0 Å². The first-order valence-corrected chi connectivity index (χ1v) is 11.2. The Balaban J connectivity index is 1.57. The number of hydrogen-bond donors (Lipinski definition) is 0. The zero-order chi connectivity index (χ0) is 24.7. The summed E-state index contributed by atoms with van der Waals surface area (Å²) in [6, 6.07) is 12.0. The van der Waals surface area contributed by atoms with Crippen molar-refractivity contribution in [1.82, 2.24) is 0 Å². The minimum Gasteiger partial charge on any atom is -0.462 e. The molecule has 0 bridgehead atoms. The highest BCUT2D eigenvalue weighted by atomic mass is 19.1. The van der Waals surface area contributed by atoms with Gasteiger partial charge in [0.25, 0.3) is 0 Å². The molecule has 5 heteroatoms. The van der Waals surface area contributed by atoms with Gasteiger partial charge in [-0.3, -0.25) is 0 Å². The molecule has 34 heavy (non-hydrogen) atoms. The molecule has 1 aliphatic rings. The number of allylic oxidation sites excluding steroid dienone is 4. The van der Waals surface area contributed by atoms with E-state index in [0.29, 0.717) is 34.6 Å². The van der Waals surface area contributed by atoms with E-state index in [4.69, 9.17) is 9.47 Å². The maximum Gasteiger partial charge on any atom is 0.338 e. The zero-order valence-electron chi connectivity index (χ0n) is 19.6. The quantitative estimate of drug-likeness (QED) is 0.178. The third-order valence-corrected chi connectivity index (χ3v) is 5.51. The predicted molar refractivity (Wildman–Crippen MR) is 132 cm³/mol. The summed E-state index contributed by atoms with van der Waals surface area (Å²) in [5.74, 6) is -0.657. The van der Waals surface area contributed by atoms with Gasteiger partial charge in [0.15, 0.2) is 0 Å². The van der Waals surface area contributed by atoms with Crippen molar-refractivity contribution in [2.45, 2.75) is 39.0 Å². The molecule has 1 unspecified atom stereocenters. The lowest BCUT2D eigenvalue weighted by Crippen LogP contribution is -2.07. The van der Waals surface area contributed by atoms with Crippen molar-refractivity contribution >= 4 is 11.9 Å². The van der Waals surface area contributed by atoms with Gasteiger partial charge in [0.1, 0.15) is 11.6 Å². The number of ether oxygens (including phenoxy) is 2. The fourth-order valence-corrected chi connectivity index (χ4v) is 3.55. The first-order valence-electron chi connectivity index (χ1n) is 11.2. The molecule has 0 aliphatic heterocycles. The van der Waals surface area contributed by atoms with E-state index >= 15 is 0 Å². The molecule has 1 atom stereocenters. The second-order valence-corrected chi connectivity index (χ2v) is 8.43. The van der Waals surface area contributed by atoms with E-state index in [2.05, 4.69) is 31.4 Å². The van der Waals surface area contributed by atoms with Gasteiger partial charge in [0, 0.05) is 22.6 Å². The highest BCUT2D eigenvalue weighted by molar-refractivity contribution is 5.88. The van der Waals surface area contributed by atoms with Gasteiger partial charge < -0.3 is 9.47 Å². The van der Waals surface area contributed by atoms with E-state index < -0.39 is 5.97 Å². The van der Waals surface area contributed by atoms with Crippen molar-refractivity contribution in [3.63, 3.8) is 0 Å². The molecule has 4 nitrogen and oxygen atoms in total. The van der Waals surface area contributed by atoms with Crippen LogP contribution in [0.15, 0.2) is 90.6 Å². The van der Waals surface area contributed by atoms with Crippen molar-refractivity contribution < 1.29 is 23.5 Å². The number of carbonyl (C=O) groups excluding carboxylic acids is 2. The SMILES string of the molecule is C=C(C)C(=O)OCCCC1=CCC(c2ccc(-c3ccc(OC(=O)C(=C)C)cc3)c(F)c2)C=C1. The van der Waals surface area contributed by atoms with Gasteiger partial charge in [-0.1, -0.05) is 61.2 Å². The Kier molecular flexibility index (Phi) is 8.36. The Morgan fingerprint density at radius 3 is 2.32 bits per heavy atom. The van der Waals surface area contributed by atoms with Gasteiger partial charge >= 0.3 is 11.9 Å². The number of halogens is 1. The van der Waals surface area contributed by atoms with E-state index in [1.54, 1.807) is 50.2 Å². The smallest absolute Gasteiger partial charge is 0.338 e. The van der Waals surface area contributed by atoms with Crippen LogP contribution >= 0.6 is 0 Å². The number of carbonyl (C=O) groups is 2. The fraction of sp³-hybridized carbons (Fsp3) is 0.241. The Bertz CT molecular complexity index is 1160. The van der Waals surface area contributed by atoms with Crippen LogP contribution in [0.1, 0.15) is 44.6 Å². The largest absolute Gasteiger partial charge is 0.462 e. The minimum atomic E-state index is -0.493. The van der Waals surface area contributed by atoms with E-state index in [0.717, 1.165) is 24.8 Å². The van der Waals surface area contributed by atoms with Crippen molar-refractivity contribution in [3.8, 4) is 16.9 Å². The Morgan fingerprint density at radius 1 is 1.03 bits per heavy atom. The number of hydrogen-bond acceptors (Lipinski definition) is 4. The molecule has 0 fully saturated rings. The van der Waals surface area contributed by atoms with E-state index in [1.807, 2.05) is 6.07 Å². The second kappa shape index (κ2) is 11.4. The van der Waals surface area contributed by atoms with Gasteiger partial charge in [-0.2, -0.15) is 0 Å². The lowest BCUT2D eigenvalue weighted by Gasteiger charge is -2.18. The molecule has 0 N–H and O–H groups in total. The van der Waals surface area contributed by atoms with Crippen molar-refractivity contribution in [2.24, 2.45) is 0 Å². The van der Waals surface area contributed by atoms with Crippen LogP contribution in [0.2, 0.25) is 0 Å². The lowest BCUT2D eigenvalue weighted by molar-refractivity contribution is -0.139. The molecule has 0 heterocycles. The lowest BCUT2D eigenvalue weighted by atomic mass is 9.88. The minimum absolute atomic E-state index is 0.109. The van der Waals surface area contributed by atoms with Crippen LogP contribution in [0.5, 0.6) is 5.75 Å². The highest BCUT2D eigenvalue weighted by Gasteiger charge is 2.15. The standard InChI is InChI=1S/C29H29FO4/c1-19(2)28(31)33-17-5-6-21-7-9-22(10-8-21)24-13-16-26(27(30)18-24)23-11-14-25(15-12-23)34-29(32)20(3)4/h7-9,11-16,18,22H,1,3,5-6,10,17H2,2,4H3. The molecule has 3 rings (SSSR count). The van der Waals surface area contributed by atoms with E-state index in [9.17, 15) is 14.0 Å². The van der Waals surface area contributed by atoms with Crippen LogP contribution in [-0.4, -0.2) is 18.5 Å². The summed E-state index contributed by atoms with van der Waals surface area (Å²) in [6.45, 7) is 10.7. The molecule has 0 radical (unpaired) electrons. The summed E-state index contributed by atoms with van der Waals surface area (Å²) < 4.78 is 25.2. The molecular weight excluding hydrogens is 431 g/mol. The Labute approximate surface area is 200 Å². The summed E-state index contributed by atoms with van der Waals surface area (Å²) in [6.07, 6.45) is 8.66. The van der Waals surface area contributed by atoms with Gasteiger partial charge in [-0.25, -0.2) is 14.0 Å². The first-order chi connectivity index (χ1) is 16.2. The van der Waals surface area contributed by atoms with Gasteiger partial charge in [-0.15, -0.1) is 0 Å². The maximum absolute atomic E-state index is 14.9. The monoisotopic (exact) mass is 460 g/mol. The molecule has 2 aromatic rings. The van der Waals surface area contributed by atoms with Gasteiger partial charge in [0.2, 0.25) is 0 Å². The molecule has 1 aliphatic carbocycles. The maximum atomic E-state index is 14.9. The normalized spacial score (nSPS) is 14.8. The molecule has 176 valence electrons. The van der Waals surface area contributed by atoms with Crippen LogP contribution < -0.4 is 4.74 Å². The van der Waals surface area contributed by atoms with Crippen molar-refractivity contribution in [2.75, 3.05) is 6.61 Å². The van der Waals surface area contributed by atoms with Crippen LogP contribution in [-0.2, 0) is 14.3 Å². The highest BCUT2D eigenvalue weighted by Crippen LogP contribution is 2.32. The summed E-state index contributed by atoms with van der Waals surface area (Å²) in [7, 11) is 0. The fourth-order valence-electron chi connectivity index (χ4n) is 3.55. The summed E-state index contributed by atoms with van der Waals surface area (Å²) >= 11 is 0. The van der Waals surface area contributed by atoms with E-state index in [-0.39, 0.29) is 17.7 Å². The molecule has 0 saturated carbocycles. The van der Waals surface area contributed by atoms with Gasteiger partial charge in [0.05, 0.1) is 6.61 Å². The molecule has 0 aromatic heterocycles. The summed E-state index contributed by atoms with van der Waals surface area (Å²) in [4.78, 5) is 23.0. The van der Waals surface area contributed by atoms with E-state index in [1.165, 1.54) is 5.57 Å². The molecule has 0 spiro atoms. The Hall–Kier alpha value is -3.73. The molecule has 2 aromatic carbocycles. The van der Waals surface area contributed by atoms with Crippen LogP contribution in [0.25, 0.3) is 11.1 Å². The van der Waals surface area contributed by atoms with Crippen LogP contribution in [0.3, 0.4) is 0 Å². The third kappa shape index (κ3) is 6.64. The average Bonchev–Trinajstić information content (AvgIpc) is 2.82. The van der Waals surface area contributed by atoms with Gasteiger partial charge in [-0.05, 0) is 62.4 Å². The molecule has 0 saturated heterocycles. The predicted octanol–water partition coefficient (Wildman–Crippen LogP) is 6.84. The number of rotatable bonds is 9. The summed E-state index contributed by atoms with van der Waals surface area (Å²) in [5, 5.41) is 0. The topological polar surface area (TPSA) is 52.6 Å². The molecular formula is C29H29FO4. The Morgan fingerprint density at radius 2 is 1.74 bits per heavy atom. The summed E-state index contributed by atoms with van der Waals surface area (Å²) in [5.41, 5.74) is 4.00. The second-order valence-electron chi connectivity index (χ2n) is 8.43. The first kappa shape index (κ1) is 24.9. The number of esters is 2.